The average Bonchev–Trinajstić information content (AvgIpc) is 2.40. The van der Waals surface area contributed by atoms with E-state index in [9.17, 15) is 18.5 Å². The molecule has 0 fully saturated rings. The van der Waals surface area contributed by atoms with Crippen molar-refractivity contribution in [3.8, 4) is 0 Å². The van der Waals surface area contributed by atoms with Crippen LogP contribution in [-0.4, -0.2) is 54.2 Å². The minimum atomic E-state index is -4.10. The Morgan fingerprint density at radius 2 is 1.81 bits per heavy atom. The molecule has 10 heteroatoms. The molecule has 8 nitrogen and oxygen atoms in total. The molecule has 0 bridgehead atoms. The molecule has 21 heavy (non-hydrogen) atoms. The zero-order valence-corrected chi connectivity index (χ0v) is 12.8. The van der Waals surface area contributed by atoms with Crippen LogP contribution in [0.15, 0.2) is 17.0 Å². The van der Waals surface area contributed by atoms with Gasteiger partial charge in [-0.3, -0.25) is 10.1 Å². The highest BCUT2D eigenvalue weighted by Crippen LogP contribution is 2.30. The second-order valence-electron chi connectivity index (χ2n) is 4.16. The Morgan fingerprint density at radius 3 is 2.24 bits per heavy atom. The van der Waals surface area contributed by atoms with Crippen molar-refractivity contribution >= 4 is 27.3 Å². The summed E-state index contributed by atoms with van der Waals surface area (Å²) >= 11 is 5.84. The van der Waals surface area contributed by atoms with Crippen molar-refractivity contribution < 1.29 is 23.6 Å². The third kappa shape index (κ3) is 3.89. The lowest BCUT2D eigenvalue weighted by Gasteiger charge is -2.20. The van der Waals surface area contributed by atoms with E-state index in [1.165, 1.54) is 6.92 Å². The van der Waals surface area contributed by atoms with Crippen LogP contribution in [0.25, 0.3) is 0 Å². The molecule has 0 spiro atoms. The number of benzene rings is 1. The van der Waals surface area contributed by atoms with Gasteiger partial charge in [0.1, 0.15) is 0 Å². The third-order valence-corrected chi connectivity index (χ3v) is 5.09. The summed E-state index contributed by atoms with van der Waals surface area (Å²) in [4.78, 5) is 9.86. The summed E-state index contributed by atoms with van der Waals surface area (Å²) in [5.41, 5.74) is -0.245. The number of hydrogen-bond donors (Lipinski definition) is 2. The molecule has 0 amide bonds. The summed E-state index contributed by atoms with van der Waals surface area (Å²) in [6, 6.07) is 2.03. The molecule has 118 valence electrons. The molecular weight excluding hydrogens is 324 g/mol. The lowest BCUT2D eigenvalue weighted by atomic mass is 10.2. The standard InChI is InChI=1S/C11H15ClN2O6S/c1-8-10(12)6-9(7-11(8)14(17)18)21(19,20)13(2-4-15)3-5-16/h6-7,15-16H,2-5H2,1H3. The fraction of sp³-hybridized carbons (Fsp3) is 0.455. The molecule has 0 aromatic heterocycles. The molecule has 0 unspecified atom stereocenters. The zero-order chi connectivity index (χ0) is 16.2. The van der Waals surface area contributed by atoms with Crippen LogP contribution >= 0.6 is 11.6 Å². The van der Waals surface area contributed by atoms with Crippen LogP contribution in [0.4, 0.5) is 5.69 Å². The van der Waals surface area contributed by atoms with Gasteiger partial charge in [-0.1, -0.05) is 11.6 Å². The smallest absolute Gasteiger partial charge is 0.275 e. The molecule has 0 radical (unpaired) electrons. The van der Waals surface area contributed by atoms with Gasteiger partial charge in [0.25, 0.3) is 5.69 Å². The van der Waals surface area contributed by atoms with E-state index in [0.29, 0.717) is 0 Å². The van der Waals surface area contributed by atoms with Crippen LogP contribution in [0.5, 0.6) is 0 Å². The molecule has 0 saturated heterocycles. The lowest BCUT2D eigenvalue weighted by molar-refractivity contribution is -0.385. The Morgan fingerprint density at radius 1 is 1.29 bits per heavy atom. The summed E-state index contributed by atoms with van der Waals surface area (Å²) in [6.07, 6.45) is 0. The number of halogens is 1. The van der Waals surface area contributed by atoms with Crippen molar-refractivity contribution in [2.24, 2.45) is 0 Å². The molecule has 1 aromatic carbocycles. The average molecular weight is 339 g/mol. The van der Waals surface area contributed by atoms with E-state index in [0.717, 1.165) is 16.4 Å². The number of sulfonamides is 1. The summed E-state index contributed by atoms with van der Waals surface area (Å²) in [5.74, 6) is 0. The highest BCUT2D eigenvalue weighted by Gasteiger charge is 2.27. The van der Waals surface area contributed by atoms with Gasteiger partial charge in [0.2, 0.25) is 10.0 Å². The number of nitrogens with zero attached hydrogens (tertiary/aromatic N) is 2. The second-order valence-corrected chi connectivity index (χ2v) is 6.50. The summed E-state index contributed by atoms with van der Waals surface area (Å²) in [7, 11) is -4.10. The normalized spacial score (nSPS) is 11.9. The molecule has 0 aliphatic rings. The molecule has 0 aliphatic heterocycles. The summed E-state index contributed by atoms with van der Waals surface area (Å²) in [6.45, 7) is 0.0578. The van der Waals surface area contributed by atoms with Crippen LogP contribution in [-0.2, 0) is 10.0 Å². The van der Waals surface area contributed by atoms with Crippen LogP contribution in [0, 0.1) is 17.0 Å². The van der Waals surface area contributed by atoms with Gasteiger partial charge in [0.15, 0.2) is 0 Å². The maximum Gasteiger partial charge on any atom is 0.275 e. The van der Waals surface area contributed by atoms with Gasteiger partial charge < -0.3 is 10.2 Å². The molecule has 1 aromatic rings. The van der Waals surface area contributed by atoms with Crippen molar-refractivity contribution in [3.05, 3.63) is 32.8 Å². The fourth-order valence-electron chi connectivity index (χ4n) is 1.70. The summed E-state index contributed by atoms with van der Waals surface area (Å²) in [5, 5.41) is 28.7. The first-order valence-corrected chi connectivity index (χ1v) is 7.74. The fourth-order valence-corrected chi connectivity index (χ4v) is 3.45. The number of aliphatic hydroxyl groups excluding tert-OH is 2. The monoisotopic (exact) mass is 338 g/mol. The predicted molar refractivity (Wildman–Crippen MR) is 75.8 cm³/mol. The first kappa shape index (κ1) is 17.8. The zero-order valence-electron chi connectivity index (χ0n) is 11.2. The van der Waals surface area contributed by atoms with Gasteiger partial charge >= 0.3 is 0 Å². The second kappa shape index (κ2) is 7.14. The molecule has 1 rings (SSSR count). The first-order chi connectivity index (χ1) is 9.75. The van der Waals surface area contributed by atoms with Crippen molar-refractivity contribution in [1.29, 1.82) is 0 Å². The Kier molecular flexibility index (Phi) is 6.05. The Balaban J connectivity index is 3.40. The first-order valence-electron chi connectivity index (χ1n) is 5.92. The maximum atomic E-state index is 12.4. The number of nitro groups is 1. The van der Waals surface area contributed by atoms with E-state index < -0.39 is 33.8 Å². The molecule has 0 saturated carbocycles. The van der Waals surface area contributed by atoms with Crippen LogP contribution in [0.2, 0.25) is 5.02 Å². The van der Waals surface area contributed by atoms with E-state index in [1.807, 2.05) is 0 Å². The SMILES string of the molecule is Cc1c(Cl)cc(S(=O)(=O)N(CCO)CCO)cc1[N+](=O)[O-]. The summed E-state index contributed by atoms with van der Waals surface area (Å²) < 4.78 is 25.6. The van der Waals surface area contributed by atoms with E-state index in [-0.39, 0.29) is 28.6 Å². The van der Waals surface area contributed by atoms with Crippen LogP contribution in [0.3, 0.4) is 0 Å². The lowest BCUT2D eigenvalue weighted by Crippen LogP contribution is -2.35. The van der Waals surface area contributed by atoms with Gasteiger partial charge in [-0.2, -0.15) is 4.31 Å². The number of rotatable bonds is 7. The van der Waals surface area contributed by atoms with Crippen LogP contribution < -0.4 is 0 Å². The van der Waals surface area contributed by atoms with Gasteiger partial charge in [-0.15, -0.1) is 0 Å². The Bertz CT molecular complexity index is 628. The van der Waals surface area contributed by atoms with Gasteiger partial charge in [0, 0.05) is 24.7 Å². The highest BCUT2D eigenvalue weighted by molar-refractivity contribution is 7.89. The molecule has 0 atom stereocenters. The highest BCUT2D eigenvalue weighted by atomic mass is 35.5. The van der Waals surface area contributed by atoms with E-state index in [2.05, 4.69) is 0 Å². The molecule has 0 aliphatic carbocycles. The Labute approximate surface area is 126 Å². The maximum absolute atomic E-state index is 12.4. The van der Waals surface area contributed by atoms with Crippen molar-refractivity contribution in [2.75, 3.05) is 26.3 Å². The van der Waals surface area contributed by atoms with E-state index in [1.54, 1.807) is 0 Å². The largest absolute Gasteiger partial charge is 0.395 e. The number of hydrogen-bond acceptors (Lipinski definition) is 6. The third-order valence-electron chi connectivity index (χ3n) is 2.82. The van der Waals surface area contributed by atoms with E-state index >= 15 is 0 Å². The van der Waals surface area contributed by atoms with Gasteiger partial charge in [-0.05, 0) is 13.0 Å². The number of aliphatic hydroxyl groups is 2. The van der Waals surface area contributed by atoms with Gasteiger partial charge in [0.05, 0.1) is 28.1 Å². The predicted octanol–water partition coefficient (Wildman–Crippen LogP) is 0.532. The van der Waals surface area contributed by atoms with Gasteiger partial charge in [-0.25, -0.2) is 8.42 Å². The molecular formula is C11H15ClN2O6S. The molecule has 0 heterocycles. The topological polar surface area (TPSA) is 121 Å². The van der Waals surface area contributed by atoms with Crippen molar-refractivity contribution in [3.63, 3.8) is 0 Å². The molecule has 2 N–H and O–H groups in total. The van der Waals surface area contributed by atoms with Crippen molar-refractivity contribution in [2.45, 2.75) is 11.8 Å². The minimum absolute atomic E-state index is 0.0456. The minimum Gasteiger partial charge on any atom is -0.395 e. The Hall–Kier alpha value is -1.26. The van der Waals surface area contributed by atoms with E-state index in [4.69, 9.17) is 21.8 Å². The van der Waals surface area contributed by atoms with Crippen LogP contribution in [0.1, 0.15) is 5.56 Å². The number of nitro benzene ring substituents is 1. The van der Waals surface area contributed by atoms with Crippen molar-refractivity contribution in [1.82, 2.24) is 4.31 Å². The quantitative estimate of drug-likeness (QED) is 0.552.